The minimum Gasteiger partial charge on any atom is -0.396 e. The summed E-state index contributed by atoms with van der Waals surface area (Å²) in [6.45, 7) is 2.55. The van der Waals surface area contributed by atoms with E-state index in [9.17, 15) is 0 Å². The monoisotopic (exact) mass is 223 g/mol. The van der Waals surface area contributed by atoms with Crippen molar-refractivity contribution in [1.82, 2.24) is 15.0 Å². The highest BCUT2D eigenvalue weighted by atomic mass is 16.2. The van der Waals surface area contributed by atoms with Crippen molar-refractivity contribution in [2.75, 3.05) is 6.61 Å². The lowest BCUT2D eigenvalue weighted by atomic mass is 9.87. The average molecular weight is 223 g/mol. The molecule has 1 aromatic rings. The van der Waals surface area contributed by atoms with Crippen molar-refractivity contribution in [2.45, 2.75) is 51.5 Å². The van der Waals surface area contributed by atoms with Crippen LogP contribution in [0.1, 0.15) is 50.8 Å². The molecule has 1 aromatic heterocycles. The van der Waals surface area contributed by atoms with Crippen molar-refractivity contribution in [2.24, 2.45) is 5.92 Å². The molecule has 1 N–H and O–H groups in total. The zero-order valence-electron chi connectivity index (χ0n) is 9.97. The standard InChI is InChI=1S/C12H21N3O/c1-10-4-6-12(7-5-10)15-9-11(13-14-15)3-2-8-16/h9-10,12,16H,2-8H2,1H3. The van der Waals surface area contributed by atoms with Crippen LogP contribution in [0.3, 0.4) is 0 Å². The van der Waals surface area contributed by atoms with Gasteiger partial charge >= 0.3 is 0 Å². The molecule has 2 rings (SSSR count). The number of nitrogens with zero attached hydrogens (tertiary/aromatic N) is 3. The van der Waals surface area contributed by atoms with Crippen molar-refractivity contribution >= 4 is 0 Å². The van der Waals surface area contributed by atoms with Gasteiger partial charge in [0, 0.05) is 12.8 Å². The number of hydrogen-bond acceptors (Lipinski definition) is 3. The molecular formula is C12H21N3O. The molecular weight excluding hydrogens is 202 g/mol. The zero-order chi connectivity index (χ0) is 11.4. The average Bonchev–Trinajstić information content (AvgIpc) is 2.76. The van der Waals surface area contributed by atoms with Gasteiger partial charge < -0.3 is 5.11 Å². The summed E-state index contributed by atoms with van der Waals surface area (Å²) in [6.07, 6.45) is 8.72. The molecule has 0 bridgehead atoms. The predicted octanol–water partition coefficient (Wildman–Crippen LogP) is 1.95. The van der Waals surface area contributed by atoms with Crippen LogP contribution in [0.15, 0.2) is 6.20 Å². The first-order valence-corrected chi connectivity index (χ1v) is 6.31. The van der Waals surface area contributed by atoms with Crippen LogP contribution in [-0.4, -0.2) is 26.7 Å². The number of aryl methyl sites for hydroxylation is 1. The van der Waals surface area contributed by atoms with E-state index in [0.29, 0.717) is 6.04 Å². The first kappa shape index (κ1) is 11.6. The van der Waals surface area contributed by atoms with Gasteiger partial charge in [-0.15, -0.1) is 5.10 Å². The number of aromatic nitrogens is 3. The molecule has 1 fully saturated rings. The summed E-state index contributed by atoms with van der Waals surface area (Å²) in [4.78, 5) is 0. The molecule has 4 heteroatoms. The molecule has 0 atom stereocenters. The molecule has 1 saturated carbocycles. The predicted molar refractivity (Wildman–Crippen MR) is 62.1 cm³/mol. The smallest absolute Gasteiger partial charge is 0.0828 e. The lowest BCUT2D eigenvalue weighted by Crippen LogP contribution is -2.17. The van der Waals surface area contributed by atoms with Crippen molar-refractivity contribution in [3.8, 4) is 0 Å². The highest BCUT2D eigenvalue weighted by Gasteiger charge is 2.20. The SMILES string of the molecule is CC1CCC(n2cc(CCCO)nn2)CC1. The van der Waals surface area contributed by atoms with Crippen LogP contribution in [-0.2, 0) is 6.42 Å². The molecule has 0 radical (unpaired) electrons. The molecule has 1 aliphatic carbocycles. The lowest BCUT2D eigenvalue weighted by molar-refractivity contribution is 0.270. The van der Waals surface area contributed by atoms with Gasteiger partial charge in [0.25, 0.3) is 0 Å². The van der Waals surface area contributed by atoms with Gasteiger partial charge in [0.1, 0.15) is 0 Å². The van der Waals surface area contributed by atoms with Crippen molar-refractivity contribution < 1.29 is 5.11 Å². The third-order valence-electron chi connectivity index (χ3n) is 3.51. The Morgan fingerprint density at radius 1 is 1.38 bits per heavy atom. The van der Waals surface area contributed by atoms with E-state index in [2.05, 4.69) is 23.4 Å². The second kappa shape index (κ2) is 5.43. The molecule has 0 spiro atoms. The van der Waals surface area contributed by atoms with Gasteiger partial charge in [-0.05, 0) is 44.4 Å². The topological polar surface area (TPSA) is 50.9 Å². The van der Waals surface area contributed by atoms with Crippen LogP contribution in [0.4, 0.5) is 0 Å². The minimum absolute atomic E-state index is 0.230. The molecule has 90 valence electrons. The fourth-order valence-electron chi connectivity index (χ4n) is 2.37. The highest BCUT2D eigenvalue weighted by Crippen LogP contribution is 2.31. The van der Waals surface area contributed by atoms with E-state index in [1.807, 2.05) is 4.68 Å². The number of aliphatic hydroxyl groups excluding tert-OH is 1. The Bertz CT molecular complexity index is 316. The fraction of sp³-hybridized carbons (Fsp3) is 0.833. The van der Waals surface area contributed by atoms with Crippen LogP contribution in [0.5, 0.6) is 0 Å². The van der Waals surface area contributed by atoms with Gasteiger partial charge in [0.05, 0.1) is 11.7 Å². The normalized spacial score (nSPS) is 25.9. The van der Waals surface area contributed by atoms with E-state index in [1.54, 1.807) is 0 Å². The Hall–Kier alpha value is -0.900. The lowest BCUT2D eigenvalue weighted by Gasteiger charge is -2.25. The second-order valence-corrected chi connectivity index (χ2v) is 4.93. The molecule has 1 heterocycles. The summed E-state index contributed by atoms with van der Waals surface area (Å²) in [6, 6.07) is 0.548. The molecule has 4 nitrogen and oxygen atoms in total. The summed E-state index contributed by atoms with van der Waals surface area (Å²) in [5.74, 6) is 0.869. The summed E-state index contributed by atoms with van der Waals surface area (Å²) < 4.78 is 2.03. The van der Waals surface area contributed by atoms with Gasteiger partial charge in [-0.2, -0.15) is 0 Å². The van der Waals surface area contributed by atoms with Crippen molar-refractivity contribution in [3.05, 3.63) is 11.9 Å². The third kappa shape index (κ3) is 2.82. The first-order chi connectivity index (χ1) is 7.79. The summed E-state index contributed by atoms with van der Waals surface area (Å²) in [7, 11) is 0. The van der Waals surface area contributed by atoms with E-state index >= 15 is 0 Å². The van der Waals surface area contributed by atoms with E-state index in [4.69, 9.17) is 5.11 Å². The maximum Gasteiger partial charge on any atom is 0.0828 e. The van der Waals surface area contributed by atoms with Gasteiger partial charge in [0.2, 0.25) is 0 Å². The Kier molecular flexibility index (Phi) is 3.93. The maximum absolute atomic E-state index is 8.76. The molecule has 0 saturated heterocycles. The molecule has 0 aromatic carbocycles. The van der Waals surface area contributed by atoms with Gasteiger partial charge in [0.15, 0.2) is 0 Å². The van der Waals surface area contributed by atoms with Crippen LogP contribution < -0.4 is 0 Å². The Balaban J connectivity index is 1.91. The van der Waals surface area contributed by atoms with Crippen LogP contribution in [0, 0.1) is 5.92 Å². The minimum atomic E-state index is 0.230. The Labute approximate surface area is 96.7 Å². The molecule has 0 amide bonds. The van der Waals surface area contributed by atoms with E-state index in [1.165, 1.54) is 25.7 Å². The molecule has 0 unspecified atom stereocenters. The van der Waals surface area contributed by atoms with E-state index < -0.39 is 0 Å². The van der Waals surface area contributed by atoms with Gasteiger partial charge in [-0.3, -0.25) is 0 Å². The molecule has 1 aliphatic rings. The van der Waals surface area contributed by atoms with Crippen LogP contribution in [0.25, 0.3) is 0 Å². The second-order valence-electron chi connectivity index (χ2n) is 4.93. The molecule has 0 aliphatic heterocycles. The van der Waals surface area contributed by atoms with Crippen molar-refractivity contribution in [3.63, 3.8) is 0 Å². The van der Waals surface area contributed by atoms with E-state index in [-0.39, 0.29) is 6.61 Å². The fourth-order valence-corrected chi connectivity index (χ4v) is 2.37. The highest BCUT2D eigenvalue weighted by molar-refractivity contribution is 4.94. The summed E-state index contributed by atoms with van der Waals surface area (Å²) in [5, 5.41) is 17.1. The van der Waals surface area contributed by atoms with Crippen LogP contribution in [0.2, 0.25) is 0 Å². The first-order valence-electron chi connectivity index (χ1n) is 6.31. The Morgan fingerprint density at radius 3 is 2.81 bits per heavy atom. The summed E-state index contributed by atoms with van der Waals surface area (Å²) in [5.41, 5.74) is 1.01. The quantitative estimate of drug-likeness (QED) is 0.848. The number of hydrogen-bond donors (Lipinski definition) is 1. The van der Waals surface area contributed by atoms with Gasteiger partial charge in [-0.25, -0.2) is 4.68 Å². The number of aliphatic hydroxyl groups is 1. The molecule has 16 heavy (non-hydrogen) atoms. The number of rotatable bonds is 4. The largest absolute Gasteiger partial charge is 0.396 e. The van der Waals surface area contributed by atoms with Gasteiger partial charge in [-0.1, -0.05) is 12.1 Å². The maximum atomic E-state index is 8.76. The third-order valence-corrected chi connectivity index (χ3v) is 3.51. The Morgan fingerprint density at radius 2 is 2.12 bits per heavy atom. The van der Waals surface area contributed by atoms with Crippen LogP contribution >= 0.6 is 0 Å². The van der Waals surface area contributed by atoms with Crippen molar-refractivity contribution in [1.29, 1.82) is 0 Å². The zero-order valence-corrected chi connectivity index (χ0v) is 9.97. The van der Waals surface area contributed by atoms with E-state index in [0.717, 1.165) is 24.5 Å². The summed E-state index contributed by atoms with van der Waals surface area (Å²) >= 11 is 0.